The fourth-order valence-corrected chi connectivity index (χ4v) is 1.82. The van der Waals surface area contributed by atoms with Crippen molar-refractivity contribution in [1.29, 1.82) is 0 Å². The molecule has 20 heavy (non-hydrogen) atoms. The molecule has 7 heteroatoms. The number of rotatable bonds is 3. The van der Waals surface area contributed by atoms with E-state index in [1.54, 1.807) is 24.3 Å². The first-order valence-electron chi connectivity index (χ1n) is 5.86. The number of hydrogen-bond donors (Lipinski definition) is 3. The van der Waals surface area contributed by atoms with E-state index in [1.165, 1.54) is 6.07 Å². The van der Waals surface area contributed by atoms with E-state index in [4.69, 9.17) is 20.9 Å². The van der Waals surface area contributed by atoms with Crippen LogP contribution < -0.4 is 26.3 Å². The molecule has 1 aliphatic rings. The summed E-state index contributed by atoms with van der Waals surface area (Å²) in [6.07, 6.45) is 0. The number of ether oxygens (including phenoxy) is 2. The average molecular weight is 272 g/mol. The molecule has 0 radical (unpaired) electrons. The summed E-state index contributed by atoms with van der Waals surface area (Å²) in [5.74, 6) is 1.07. The van der Waals surface area contributed by atoms with Crippen LogP contribution in [0.2, 0.25) is 0 Å². The summed E-state index contributed by atoms with van der Waals surface area (Å²) >= 11 is 0. The van der Waals surface area contributed by atoms with Gasteiger partial charge in [0.05, 0.1) is 5.69 Å². The number of fused-ring (bicyclic) bond motifs is 1. The maximum Gasteiger partial charge on any atom is 0.267 e. The van der Waals surface area contributed by atoms with Crippen LogP contribution in [-0.4, -0.2) is 17.7 Å². The molecule has 1 aliphatic heterocycles. The Bertz CT molecular complexity index is 687. The zero-order chi connectivity index (χ0) is 14.1. The van der Waals surface area contributed by atoms with Gasteiger partial charge in [0, 0.05) is 11.8 Å². The molecule has 1 aromatic heterocycles. The zero-order valence-corrected chi connectivity index (χ0v) is 10.4. The minimum absolute atomic E-state index is 0.141. The van der Waals surface area contributed by atoms with E-state index in [-0.39, 0.29) is 12.5 Å². The Labute approximate surface area is 114 Å². The van der Waals surface area contributed by atoms with E-state index in [9.17, 15) is 4.79 Å². The van der Waals surface area contributed by atoms with Gasteiger partial charge >= 0.3 is 0 Å². The third-order valence-corrected chi connectivity index (χ3v) is 2.81. The Balaban J connectivity index is 1.91. The number of primary amides is 1. The van der Waals surface area contributed by atoms with Gasteiger partial charge in [-0.2, -0.15) is 0 Å². The van der Waals surface area contributed by atoms with Crippen LogP contribution >= 0.6 is 0 Å². The normalized spacial score (nSPS) is 12.2. The van der Waals surface area contributed by atoms with E-state index in [1.807, 2.05) is 0 Å². The first-order chi connectivity index (χ1) is 9.63. The second-order valence-electron chi connectivity index (χ2n) is 4.19. The highest BCUT2D eigenvalue weighted by Crippen LogP contribution is 2.35. The highest BCUT2D eigenvalue weighted by Gasteiger charge is 2.14. The van der Waals surface area contributed by atoms with Crippen LogP contribution in [0.5, 0.6) is 11.5 Å². The van der Waals surface area contributed by atoms with E-state index in [2.05, 4.69) is 10.3 Å². The third kappa shape index (κ3) is 2.16. The Morgan fingerprint density at radius 1 is 1.20 bits per heavy atom. The van der Waals surface area contributed by atoms with Crippen LogP contribution in [0.25, 0.3) is 0 Å². The molecule has 0 bridgehead atoms. The van der Waals surface area contributed by atoms with Crippen LogP contribution in [0.15, 0.2) is 30.3 Å². The van der Waals surface area contributed by atoms with Crippen LogP contribution in [0.1, 0.15) is 10.5 Å². The summed E-state index contributed by atoms with van der Waals surface area (Å²) in [5, 5.41) is 3.02. The summed E-state index contributed by atoms with van der Waals surface area (Å²) in [6, 6.07) is 8.38. The summed E-state index contributed by atoms with van der Waals surface area (Å²) in [7, 11) is 0. The molecule has 1 amide bonds. The number of amides is 1. The molecule has 0 spiro atoms. The lowest BCUT2D eigenvalue weighted by molar-refractivity contribution is 0.0995. The first-order valence-corrected chi connectivity index (χ1v) is 5.86. The number of carbonyl (C=O) groups excluding carboxylic acids is 1. The molecule has 0 saturated heterocycles. The Kier molecular flexibility index (Phi) is 2.79. The van der Waals surface area contributed by atoms with Gasteiger partial charge in [0.15, 0.2) is 17.3 Å². The second kappa shape index (κ2) is 4.61. The minimum Gasteiger partial charge on any atom is -0.454 e. The number of benzene rings is 1. The number of nitrogen functional groups attached to an aromatic ring is 1. The number of nitrogens with one attached hydrogen (secondary N) is 1. The Morgan fingerprint density at radius 2 is 2.00 bits per heavy atom. The van der Waals surface area contributed by atoms with Crippen molar-refractivity contribution in [3.05, 3.63) is 36.0 Å². The molecule has 1 aromatic carbocycles. The van der Waals surface area contributed by atoms with Gasteiger partial charge in [-0.3, -0.25) is 4.79 Å². The van der Waals surface area contributed by atoms with Crippen molar-refractivity contribution in [2.24, 2.45) is 5.73 Å². The lowest BCUT2D eigenvalue weighted by Crippen LogP contribution is -2.14. The van der Waals surface area contributed by atoms with Crippen LogP contribution in [-0.2, 0) is 0 Å². The molecule has 0 aliphatic carbocycles. The maximum atomic E-state index is 11.1. The van der Waals surface area contributed by atoms with Gasteiger partial charge in [0.1, 0.15) is 5.69 Å². The van der Waals surface area contributed by atoms with Gasteiger partial charge in [0.25, 0.3) is 5.91 Å². The van der Waals surface area contributed by atoms with E-state index >= 15 is 0 Å². The number of carbonyl (C=O) groups is 1. The van der Waals surface area contributed by atoms with Gasteiger partial charge in [-0.05, 0) is 24.3 Å². The van der Waals surface area contributed by atoms with Gasteiger partial charge in [0.2, 0.25) is 6.79 Å². The molecule has 0 atom stereocenters. The lowest BCUT2D eigenvalue weighted by atomic mass is 10.2. The van der Waals surface area contributed by atoms with Crippen LogP contribution in [0, 0.1) is 0 Å². The number of hydrogen-bond acceptors (Lipinski definition) is 6. The molecule has 0 unspecified atom stereocenters. The number of pyridine rings is 1. The monoisotopic (exact) mass is 272 g/mol. The van der Waals surface area contributed by atoms with E-state index in [0.29, 0.717) is 23.0 Å². The van der Waals surface area contributed by atoms with Crippen molar-refractivity contribution in [3.63, 3.8) is 0 Å². The molecule has 2 heterocycles. The summed E-state index contributed by atoms with van der Waals surface area (Å²) in [4.78, 5) is 15.2. The summed E-state index contributed by atoms with van der Waals surface area (Å²) in [5.41, 5.74) is 12.3. The topological polar surface area (TPSA) is 112 Å². The quantitative estimate of drug-likeness (QED) is 0.774. The molecule has 0 fully saturated rings. The molecule has 3 rings (SSSR count). The second-order valence-corrected chi connectivity index (χ2v) is 4.19. The van der Waals surface area contributed by atoms with Crippen molar-refractivity contribution in [3.8, 4) is 11.5 Å². The summed E-state index contributed by atoms with van der Waals surface area (Å²) < 4.78 is 10.5. The van der Waals surface area contributed by atoms with Crippen molar-refractivity contribution in [1.82, 2.24) is 4.98 Å². The first kappa shape index (κ1) is 12.1. The van der Waals surface area contributed by atoms with E-state index in [0.717, 1.165) is 5.69 Å². The molecule has 0 saturated carbocycles. The highest BCUT2D eigenvalue weighted by atomic mass is 16.7. The van der Waals surface area contributed by atoms with Gasteiger partial charge in [-0.25, -0.2) is 4.98 Å². The third-order valence-electron chi connectivity index (χ3n) is 2.81. The van der Waals surface area contributed by atoms with Crippen molar-refractivity contribution in [2.45, 2.75) is 0 Å². The number of nitrogens with two attached hydrogens (primary N) is 2. The van der Waals surface area contributed by atoms with Gasteiger partial charge in [-0.1, -0.05) is 0 Å². The SMILES string of the molecule is NC(=O)c1ccc(N)c(Nc2ccc3c(c2)OCO3)n1. The average Bonchev–Trinajstić information content (AvgIpc) is 2.88. The number of aromatic nitrogens is 1. The predicted octanol–water partition coefficient (Wildman–Crippen LogP) is 1.23. The van der Waals surface area contributed by atoms with Crippen LogP contribution in [0.4, 0.5) is 17.2 Å². The number of anilines is 3. The molecule has 2 aromatic rings. The summed E-state index contributed by atoms with van der Waals surface area (Å²) in [6.45, 7) is 0.205. The molecular weight excluding hydrogens is 260 g/mol. The Hall–Kier alpha value is -2.96. The van der Waals surface area contributed by atoms with E-state index < -0.39 is 5.91 Å². The molecule has 102 valence electrons. The fourth-order valence-electron chi connectivity index (χ4n) is 1.82. The smallest absolute Gasteiger partial charge is 0.267 e. The van der Waals surface area contributed by atoms with Crippen molar-refractivity contribution in [2.75, 3.05) is 17.8 Å². The zero-order valence-electron chi connectivity index (χ0n) is 10.4. The van der Waals surface area contributed by atoms with Gasteiger partial charge < -0.3 is 26.3 Å². The predicted molar refractivity (Wildman–Crippen MR) is 73.0 cm³/mol. The molecular formula is C13H12N4O3. The maximum absolute atomic E-state index is 11.1. The lowest BCUT2D eigenvalue weighted by Gasteiger charge is -2.09. The van der Waals surface area contributed by atoms with Crippen molar-refractivity contribution >= 4 is 23.1 Å². The fraction of sp³-hybridized carbons (Fsp3) is 0.0769. The number of nitrogens with zero attached hydrogens (tertiary/aromatic N) is 1. The van der Waals surface area contributed by atoms with Crippen molar-refractivity contribution < 1.29 is 14.3 Å². The largest absolute Gasteiger partial charge is 0.454 e. The van der Waals surface area contributed by atoms with Crippen LogP contribution in [0.3, 0.4) is 0 Å². The molecule has 7 nitrogen and oxygen atoms in total. The molecule has 5 N–H and O–H groups in total. The Morgan fingerprint density at radius 3 is 2.80 bits per heavy atom. The highest BCUT2D eigenvalue weighted by molar-refractivity contribution is 5.92. The standard InChI is InChI=1S/C13H12N4O3/c14-8-2-3-9(12(15)18)17-13(8)16-7-1-4-10-11(5-7)20-6-19-10/h1-5H,6,14H2,(H2,15,18)(H,16,17). The van der Waals surface area contributed by atoms with Gasteiger partial charge in [-0.15, -0.1) is 0 Å². The minimum atomic E-state index is -0.612.